The third-order valence-electron chi connectivity index (χ3n) is 3.45. The first-order valence-electron chi connectivity index (χ1n) is 7.67. The third kappa shape index (κ3) is 6.91. The summed E-state index contributed by atoms with van der Waals surface area (Å²) in [6, 6.07) is 13.3. The number of sulfonamides is 1. The number of halogens is 1. The lowest BCUT2D eigenvalue weighted by molar-refractivity contribution is 0.202. The SMILES string of the molecule is CN(CCOc1ccc(Cl)cc1)CCOc1ccc(S(N)(=O)=O)cc1. The van der Waals surface area contributed by atoms with Gasteiger partial charge in [0.25, 0.3) is 0 Å². The first-order chi connectivity index (χ1) is 11.8. The molecule has 0 aromatic heterocycles. The van der Waals surface area contributed by atoms with Crippen molar-refractivity contribution in [2.45, 2.75) is 4.90 Å². The fourth-order valence-corrected chi connectivity index (χ4v) is 2.65. The van der Waals surface area contributed by atoms with Crippen molar-refractivity contribution in [3.05, 3.63) is 53.6 Å². The predicted molar refractivity (Wildman–Crippen MR) is 97.8 cm³/mol. The molecule has 0 saturated heterocycles. The summed E-state index contributed by atoms with van der Waals surface area (Å²) >= 11 is 5.82. The van der Waals surface area contributed by atoms with Crippen LogP contribution in [0.3, 0.4) is 0 Å². The van der Waals surface area contributed by atoms with Crippen molar-refractivity contribution in [1.29, 1.82) is 0 Å². The summed E-state index contributed by atoms with van der Waals surface area (Å²) in [7, 11) is -1.70. The van der Waals surface area contributed by atoms with E-state index in [1.54, 1.807) is 24.3 Å². The maximum atomic E-state index is 11.2. The van der Waals surface area contributed by atoms with Gasteiger partial charge in [0.1, 0.15) is 24.7 Å². The van der Waals surface area contributed by atoms with Crippen molar-refractivity contribution < 1.29 is 17.9 Å². The van der Waals surface area contributed by atoms with Gasteiger partial charge in [0.05, 0.1) is 4.90 Å². The monoisotopic (exact) mass is 384 g/mol. The number of benzene rings is 2. The minimum absolute atomic E-state index is 0.0660. The van der Waals surface area contributed by atoms with E-state index in [-0.39, 0.29) is 4.90 Å². The summed E-state index contributed by atoms with van der Waals surface area (Å²) in [5, 5.41) is 5.73. The number of rotatable bonds is 9. The maximum absolute atomic E-state index is 11.2. The predicted octanol–water partition coefficient (Wildman–Crippen LogP) is 2.38. The van der Waals surface area contributed by atoms with Crippen LogP contribution in [0.5, 0.6) is 11.5 Å². The van der Waals surface area contributed by atoms with Crippen LogP contribution in [0.1, 0.15) is 0 Å². The molecule has 0 saturated carbocycles. The molecular weight excluding hydrogens is 364 g/mol. The van der Waals surface area contributed by atoms with Crippen molar-refractivity contribution in [1.82, 2.24) is 4.90 Å². The Morgan fingerprint density at radius 3 is 1.80 bits per heavy atom. The van der Waals surface area contributed by atoms with E-state index in [4.69, 9.17) is 26.2 Å². The molecule has 0 spiro atoms. The second-order valence-corrected chi connectivity index (χ2v) is 7.47. The first kappa shape index (κ1) is 19.5. The van der Waals surface area contributed by atoms with Crippen molar-refractivity contribution >= 4 is 21.6 Å². The van der Waals surface area contributed by atoms with E-state index in [1.807, 2.05) is 19.2 Å². The molecule has 0 aliphatic heterocycles. The molecule has 0 amide bonds. The first-order valence-corrected chi connectivity index (χ1v) is 9.59. The van der Waals surface area contributed by atoms with Gasteiger partial charge in [0.2, 0.25) is 10.0 Å². The Balaban J connectivity index is 1.66. The number of hydrogen-bond acceptors (Lipinski definition) is 5. The summed E-state index contributed by atoms with van der Waals surface area (Å²) in [5.74, 6) is 1.38. The fraction of sp³-hybridized carbons (Fsp3) is 0.294. The molecule has 2 aromatic carbocycles. The number of nitrogens with two attached hydrogens (primary N) is 1. The Bertz CT molecular complexity index is 764. The van der Waals surface area contributed by atoms with Gasteiger partial charge >= 0.3 is 0 Å². The van der Waals surface area contributed by atoms with E-state index in [0.717, 1.165) is 12.3 Å². The molecule has 0 atom stereocenters. The highest BCUT2D eigenvalue weighted by Crippen LogP contribution is 2.16. The normalized spacial score (nSPS) is 11.5. The Morgan fingerprint density at radius 2 is 1.36 bits per heavy atom. The number of ether oxygens (including phenoxy) is 2. The number of hydrogen-bond donors (Lipinski definition) is 1. The molecule has 0 heterocycles. The highest BCUT2D eigenvalue weighted by molar-refractivity contribution is 7.89. The average Bonchev–Trinajstić information content (AvgIpc) is 2.56. The van der Waals surface area contributed by atoms with Crippen LogP contribution < -0.4 is 14.6 Å². The van der Waals surface area contributed by atoms with Gasteiger partial charge < -0.3 is 9.47 Å². The Morgan fingerprint density at radius 1 is 0.920 bits per heavy atom. The van der Waals surface area contributed by atoms with Crippen LogP contribution in [-0.4, -0.2) is 46.7 Å². The molecule has 0 radical (unpaired) electrons. The lowest BCUT2D eigenvalue weighted by atomic mass is 10.3. The highest BCUT2D eigenvalue weighted by atomic mass is 35.5. The topological polar surface area (TPSA) is 81.9 Å². The van der Waals surface area contributed by atoms with E-state index in [1.165, 1.54) is 12.1 Å². The fourth-order valence-electron chi connectivity index (χ4n) is 2.01. The van der Waals surface area contributed by atoms with Gasteiger partial charge in [0.15, 0.2) is 0 Å². The smallest absolute Gasteiger partial charge is 0.238 e. The molecule has 2 rings (SSSR count). The standard InChI is InChI=1S/C17H21ClN2O4S/c1-20(10-12-23-15-4-2-14(18)3-5-15)11-13-24-16-6-8-17(9-7-16)25(19,21)22/h2-9H,10-13H2,1H3,(H2,19,21,22). The largest absolute Gasteiger partial charge is 0.492 e. The van der Waals surface area contributed by atoms with E-state index < -0.39 is 10.0 Å². The molecule has 6 nitrogen and oxygen atoms in total. The van der Waals surface area contributed by atoms with Gasteiger partial charge in [-0.3, -0.25) is 4.90 Å². The Kier molecular flexibility index (Phi) is 7.07. The molecule has 25 heavy (non-hydrogen) atoms. The van der Waals surface area contributed by atoms with Crippen LogP contribution in [-0.2, 0) is 10.0 Å². The van der Waals surface area contributed by atoms with Crippen LogP contribution in [0.25, 0.3) is 0 Å². The number of nitrogens with zero attached hydrogens (tertiary/aromatic N) is 1. The average molecular weight is 385 g/mol. The van der Waals surface area contributed by atoms with E-state index in [9.17, 15) is 8.42 Å². The van der Waals surface area contributed by atoms with E-state index >= 15 is 0 Å². The lowest BCUT2D eigenvalue weighted by Crippen LogP contribution is -2.28. The molecule has 0 fully saturated rings. The van der Waals surface area contributed by atoms with Crippen LogP contribution in [0, 0.1) is 0 Å². The molecule has 136 valence electrons. The summed E-state index contributed by atoms with van der Waals surface area (Å²) < 4.78 is 33.6. The summed E-state index contributed by atoms with van der Waals surface area (Å²) in [5.41, 5.74) is 0. The van der Waals surface area contributed by atoms with Crippen molar-refractivity contribution in [2.75, 3.05) is 33.4 Å². The van der Waals surface area contributed by atoms with Gasteiger partial charge in [0, 0.05) is 18.1 Å². The molecule has 0 aliphatic carbocycles. The lowest BCUT2D eigenvalue weighted by Gasteiger charge is -2.17. The van der Waals surface area contributed by atoms with Crippen LogP contribution in [0.2, 0.25) is 5.02 Å². The minimum Gasteiger partial charge on any atom is -0.492 e. The van der Waals surface area contributed by atoms with Gasteiger partial charge in [-0.15, -0.1) is 0 Å². The molecule has 0 bridgehead atoms. The Hall–Kier alpha value is -1.80. The number of primary sulfonamides is 1. The Labute approximate surface area is 153 Å². The molecule has 2 aromatic rings. The summed E-state index contributed by atoms with van der Waals surface area (Å²) in [6.07, 6.45) is 0. The maximum Gasteiger partial charge on any atom is 0.238 e. The second kappa shape index (κ2) is 9.05. The molecule has 0 aliphatic rings. The van der Waals surface area contributed by atoms with Gasteiger partial charge in [-0.1, -0.05) is 11.6 Å². The van der Waals surface area contributed by atoms with Gasteiger partial charge in [-0.2, -0.15) is 0 Å². The van der Waals surface area contributed by atoms with Gasteiger partial charge in [-0.05, 0) is 55.6 Å². The summed E-state index contributed by atoms with van der Waals surface area (Å²) in [6.45, 7) is 2.49. The van der Waals surface area contributed by atoms with E-state index in [2.05, 4.69) is 4.90 Å². The quantitative estimate of drug-likeness (QED) is 0.717. The van der Waals surface area contributed by atoms with Crippen molar-refractivity contribution in [2.24, 2.45) is 5.14 Å². The second-order valence-electron chi connectivity index (χ2n) is 5.47. The molecular formula is C17H21ClN2O4S. The van der Waals surface area contributed by atoms with Crippen LogP contribution >= 0.6 is 11.6 Å². The minimum atomic E-state index is -3.67. The van der Waals surface area contributed by atoms with Crippen LogP contribution in [0.15, 0.2) is 53.4 Å². The molecule has 8 heteroatoms. The zero-order valence-corrected chi connectivity index (χ0v) is 15.5. The molecule has 2 N–H and O–H groups in total. The summed E-state index contributed by atoms with van der Waals surface area (Å²) in [4.78, 5) is 2.14. The van der Waals surface area contributed by atoms with Crippen molar-refractivity contribution in [3.63, 3.8) is 0 Å². The zero-order valence-electron chi connectivity index (χ0n) is 13.9. The van der Waals surface area contributed by atoms with Crippen LogP contribution in [0.4, 0.5) is 0 Å². The third-order valence-corrected chi connectivity index (χ3v) is 4.63. The highest BCUT2D eigenvalue weighted by Gasteiger charge is 2.07. The van der Waals surface area contributed by atoms with E-state index in [0.29, 0.717) is 30.5 Å². The number of likely N-dealkylation sites (N-methyl/N-ethyl adjacent to an activating group) is 1. The van der Waals surface area contributed by atoms with Crippen molar-refractivity contribution in [3.8, 4) is 11.5 Å². The zero-order chi connectivity index (χ0) is 18.3. The molecule has 0 unspecified atom stereocenters. The van der Waals surface area contributed by atoms with Gasteiger partial charge in [-0.25, -0.2) is 13.6 Å².